The summed E-state index contributed by atoms with van der Waals surface area (Å²) in [7, 11) is 0. The summed E-state index contributed by atoms with van der Waals surface area (Å²) in [4.78, 5) is 26.3. The molecular weight excluding hydrogens is 574 g/mol. The molecule has 2 aliphatic rings. The van der Waals surface area contributed by atoms with Gasteiger partial charge in [-0.1, -0.05) is 23.7 Å². The zero-order valence-electron chi connectivity index (χ0n) is 24.3. The van der Waals surface area contributed by atoms with Crippen LogP contribution in [0.5, 0.6) is 0 Å². The van der Waals surface area contributed by atoms with Gasteiger partial charge in [-0.05, 0) is 103 Å². The fourth-order valence-corrected chi connectivity index (χ4v) is 6.53. The maximum Gasteiger partial charge on any atom is 0.253 e. The minimum absolute atomic E-state index is 0.0637. The molecule has 3 aromatic heterocycles. The van der Waals surface area contributed by atoms with Crippen LogP contribution in [0.2, 0.25) is 5.02 Å². The van der Waals surface area contributed by atoms with Gasteiger partial charge >= 0.3 is 0 Å². The lowest BCUT2D eigenvalue weighted by atomic mass is 9.84. The van der Waals surface area contributed by atoms with Gasteiger partial charge in [-0.2, -0.15) is 4.98 Å². The number of aromatic nitrogens is 4. The number of likely N-dealkylation sites (tertiary alicyclic amines) is 1. The maximum absolute atomic E-state index is 13.2. The van der Waals surface area contributed by atoms with Gasteiger partial charge in [0, 0.05) is 61.0 Å². The summed E-state index contributed by atoms with van der Waals surface area (Å²) in [5.41, 5.74) is 4.48. The first kappa shape index (κ1) is 28.3. The summed E-state index contributed by atoms with van der Waals surface area (Å²) in [6.45, 7) is 2.92. The van der Waals surface area contributed by atoms with Crippen LogP contribution < -0.4 is 10.2 Å². The highest BCUT2D eigenvalue weighted by atomic mass is 35.5. The van der Waals surface area contributed by atoms with E-state index < -0.39 is 5.60 Å². The highest BCUT2D eigenvalue weighted by molar-refractivity contribution is 6.30. The van der Waals surface area contributed by atoms with Crippen LogP contribution in [-0.4, -0.2) is 61.7 Å². The lowest BCUT2D eigenvalue weighted by Crippen LogP contribution is -2.42. The third-order valence-corrected chi connectivity index (χ3v) is 9.14. The summed E-state index contributed by atoms with van der Waals surface area (Å²) >= 11 is 6.05. The van der Waals surface area contributed by atoms with E-state index in [9.17, 15) is 9.90 Å². The third kappa shape index (κ3) is 5.85. The molecule has 0 saturated carbocycles. The minimum atomic E-state index is -0.878. The Balaban J connectivity index is 0.989. The molecule has 2 saturated heterocycles. The van der Waals surface area contributed by atoms with E-state index >= 15 is 0 Å². The number of hydrogen-bond donors (Lipinski definition) is 2. The van der Waals surface area contributed by atoms with Crippen LogP contribution in [0.1, 0.15) is 40.7 Å². The Hall–Kier alpha value is -4.47. The number of aliphatic hydroxyl groups is 1. The zero-order chi connectivity index (χ0) is 30.1. The first-order chi connectivity index (χ1) is 21.4. The van der Waals surface area contributed by atoms with Crippen LogP contribution in [0.3, 0.4) is 0 Å². The summed E-state index contributed by atoms with van der Waals surface area (Å²) in [5.74, 6) is 1.01. The molecule has 10 heteroatoms. The molecule has 0 radical (unpaired) electrons. The van der Waals surface area contributed by atoms with Crippen LogP contribution in [0, 0.1) is 5.92 Å². The summed E-state index contributed by atoms with van der Waals surface area (Å²) in [5, 5.41) is 19.9. The molecule has 1 atom stereocenters. The SMILES string of the molecule is O=C(c1ccc(Nc2nc3c(N4CCC(O)(c5ccc(Cl)cc5)CC4)cccn3n2)cc1)N1CCC(Cc2ccncc2)C1. The van der Waals surface area contributed by atoms with Crippen molar-refractivity contribution in [2.75, 3.05) is 36.4 Å². The normalized spacial score (nSPS) is 18.1. The standard InChI is InChI=1S/C34H34ClN7O2/c35-28-7-5-27(6-8-28)34(44)14-20-40(21-15-34)30-2-1-18-42-31(30)38-33(39-42)37-29-9-3-26(4-10-29)32(43)41-19-13-25(23-41)22-24-11-16-36-17-12-24/h1-12,16-18,25,44H,13-15,19-23H2,(H,37,39). The molecule has 0 spiro atoms. The first-order valence-electron chi connectivity index (χ1n) is 15.1. The minimum Gasteiger partial charge on any atom is -0.385 e. The number of halogens is 1. The number of carbonyl (C=O) groups is 1. The van der Waals surface area contributed by atoms with Gasteiger partial charge in [-0.15, -0.1) is 5.10 Å². The smallest absolute Gasteiger partial charge is 0.253 e. The maximum atomic E-state index is 13.2. The summed E-state index contributed by atoms with van der Waals surface area (Å²) < 4.78 is 1.77. The van der Waals surface area contributed by atoms with Crippen molar-refractivity contribution in [3.05, 3.63) is 113 Å². The predicted octanol–water partition coefficient (Wildman–Crippen LogP) is 5.71. The Morgan fingerprint density at radius 2 is 1.73 bits per heavy atom. The van der Waals surface area contributed by atoms with Crippen molar-refractivity contribution in [2.24, 2.45) is 5.92 Å². The van der Waals surface area contributed by atoms with E-state index in [0.29, 0.717) is 48.4 Å². The van der Waals surface area contributed by atoms with Crippen molar-refractivity contribution in [1.29, 1.82) is 0 Å². The molecular formula is C34H34ClN7O2. The molecule has 7 rings (SSSR count). The van der Waals surface area contributed by atoms with Crippen molar-refractivity contribution in [3.63, 3.8) is 0 Å². The van der Waals surface area contributed by atoms with Crippen LogP contribution >= 0.6 is 11.6 Å². The number of benzene rings is 2. The number of carbonyl (C=O) groups excluding carboxylic acids is 1. The lowest BCUT2D eigenvalue weighted by Gasteiger charge is -2.39. The van der Waals surface area contributed by atoms with Gasteiger partial charge in [-0.25, -0.2) is 4.52 Å². The number of hydrogen-bond acceptors (Lipinski definition) is 7. The monoisotopic (exact) mass is 607 g/mol. The fourth-order valence-electron chi connectivity index (χ4n) is 6.40. The lowest BCUT2D eigenvalue weighted by molar-refractivity contribution is 0.0118. The van der Waals surface area contributed by atoms with Crippen LogP contribution in [-0.2, 0) is 12.0 Å². The molecule has 44 heavy (non-hydrogen) atoms. The largest absolute Gasteiger partial charge is 0.385 e. The highest BCUT2D eigenvalue weighted by Crippen LogP contribution is 2.36. The Labute approximate surface area is 261 Å². The van der Waals surface area contributed by atoms with E-state index in [1.807, 2.05) is 96.3 Å². The molecule has 0 bridgehead atoms. The Kier molecular flexibility index (Phi) is 7.66. The first-order valence-corrected chi connectivity index (χ1v) is 15.5. The molecule has 2 aromatic carbocycles. The quantitative estimate of drug-likeness (QED) is 0.244. The third-order valence-electron chi connectivity index (χ3n) is 8.89. The number of nitrogens with zero attached hydrogens (tertiary/aromatic N) is 6. The molecule has 2 aliphatic heterocycles. The number of rotatable bonds is 7. The Morgan fingerprint density at radius 3 is 2.48 bits per heavy atom. The average Bonchev–Trinajstić information content (AvgIpc) is 3.69. The number of pyridine rings is 2. The van der Waals surface area contributed by atoms with Crippen molar-refractivity contribution in [2.45, 2.75) is 31.3 Å². The number of amides is 1. The molecule has 2 fully saturated rings. The van der Waals surface area contributed by atoms with E-state index in [1.54, 1.807) is 4.52 Å². The Morgan fingerprint density at radius 1 is 0.977 bits per heavy atom. The number of anilines is 3. The fraction of sp³-hybridized carbons (Fsp3) is 0.294. The molecule has 1 amide bonds. The van der Waals surface area contributed by atoms with E-state index in [0.717, 1.165) is 48.5 Å². The second kappa shape index (κ2) is 11.9. The predicted molar refractivity (Wildman–Crippen MR) is 171 cm³/mol. The summed E-state index contributed by atoms with van der Waals surface area (Å²) in [6.07, 6.45) is 8.70. The second-order valence-corrected chi connectivity index (χ2v) is 12.2. The molecule has 224 valence electrons. The van der Waals surface area contributed by atoms with Gasteiger partial charge < -0.3 is 20.2 Å². The molecule has 2 N–H and O–H groups in total. The number of fused-ring (bicyclic) bond motifs is 1. The van der Waals surface area contributed by atoms with E-state index in [4.69, 9.17) is 16.6 Å². The van der Waals surface area contributed by atoms with Gasteiger partial charge in [0.15, 0.2) is 5.65 Å². The second-order valence-electron chi connectivity index (χ2n) is 11.8. The van der Waals surface area contributed by atoms with E-state index in [2.05, 4.69) is 20.3 Å². The van der Waals surface area contributed by atoms with Gasteiger partial charge in [0.2, 0.25) is 5.95 Å². The van der Waals surface area contributed by atoms with Crippen molar-refractivity contribution >= 4 is 40.5 Å². The molecule has 9 nitrogen and oxygen atoms in total. The number of nitrogens with one attached hydrogen (secondary N) is 1. The molecule has 5 aromatic rings. The average molecular weight is 608 g/mol. The Bertz CT molecular complexity index is 1750. The van der Waals surface area contributed by atoms with Gasteiger partial charge in [0.05, 0.1) is 11.3 Å². The van der Waals surface area contributed by atoms with Crippen LogP contribution in [0.4, 0.5) is 17.3 Å². The van der Waals surface area contributed by atoms with Crippen LogP contribution in [0.15, 0.2) is 91.4 Å². The van der Waals surface area contributed by atoms with Crippen molar-refractivity contribution < 1.29 is 9.90 Å². The highest BCUT2D eigenvalue weighted by Gasteiger charge is 2.35. The van der Waals surface area contributed by atoms with Gasteiger partial charge in [-0.3, -0.25) is 9.78 Å². The van der Waals surface area contributed by atoms with Crippen LogP contribution in [0.25, 0.3) is 5.65 Å². The summed E-state index contributed by atoms with van der Waals surface area (Å²) in [6, 6.07) is 23.1. The van der Waals surface area contributed by atoms with Crippen molar-refractivity contribution in [3.8, 4) is 0 Å². The number of piperidine rings is 1. The van der Waals surface area contributed by atoms with Crippen molar-refractivity contribution in [1.82, 2.24) is 24.5 Å². The molecule has 1 unspecified atom stereocenters. The van der Waals surface area contributed by atoms with E-state index in [-0.39, 0.29) is 5.91 Å². The van der Waals surface area contributed by atoms with Gasteiger partial charge in [0.25, 0.3) is 5.91 Å². The molecule has 0 aliphatic carbocycles. The topological polar surface area (TPSA) is 98.9 Å². The zero-order valence-corrected chi connectivity index (χ0v) is 25.1. The van der Waals surface area contributed by atoms with Gasteiger partial charge in [0.1, 0.15) is 0 Å². The van der Waals surface area contributed by atoms with E-state index in [1.165, 1.54) is 5.56 Å². The molecule has 5 heterocycles.